The zero-order valence-electron chi connectivity index (χ0n) is 9.94. The minimum absolute atomic E-state index is 0.0542. The van der Waals surface area contributed by atoms with Gasteiger partial charge in [0.2, 0.25) is 0 Å². The van der Waals surface area contributed by atoms with Gasteiger partial charge in [-0.25, -0.2) is 4.98 Å². The van der Waals surface area contributed by atoms with Gasteiger partial charge in [0.25, 0.3) is 0 Å². The second kappa shape index (κ2) is 5.47. The summed E-state index contributed by atoms with van der Waals surface area (Å²) in [5.41, 5.74) is 1.50. The molecule has 1 aromatic rings. The molecule has 0 aliphatic rings. The Hall–Kier alpha value is -1.60. The smallest absolute Gasteiger partial charge is 0.147 e. The van der Waals surface area contributed by atoms with Gasteiger partial charge in [0, 0.05) is 18.8 Å². The number of anilines is 1. The lowest BCUT2D eigenvalue weighted by Crippen LogP contribution is -2.34. The normalized spacial score (nSPS) is 10.2. The Bertz CT molecular complexity index is 396. The average molecular weight is 219 g/mol. The summed E-state index contributed by atoms with van der Waals surface area (Å²) in [5, 5.41) is 18.1. The number of nitrogens with zero attached hydrogens (tertiary/aromatic N) is 3. The number of aliphatic hydroxyl groups excluding tert-OH is 1. The molecule has 0 unspecified atom stereocenters. The van der Waals surface area contributed by atoms with E-state index in [-0.39, 0.29) is 12.6 Å². The molecule has 0 fully saturated rings. The summed E-state index contributed by atoms with van der Waals surface area (Å²) in [7, 11) is 0. The van der Waals surface area contributed by atoms with E-state index in [1.165, 1.54) is 0 Å². The highest BCUT2D eigenvalue weighted by atomic mass is 16.3. The molecular weight excluding hydrogens is 202 g/mol. The van der Waals surface area contributed by atoms with Gasteiger partial charge in [0.1, 0.15) is 11.9 Å². The lowest BCUT2D eigenvalue weighted by molar-refractivity contribution is 0.298. The van der Waals surface area contributed by atoms with Crippen molar-refractivity contribution in [1.29, 1.82) is 5.26 Å². The fraction of sp³-hybridized carbons (Fsp3) is 0.500. The van der Waals surface area contributed by atoms with E-state index in [0.29, 0.717) is 17.9 Å². The third-order valence-electron chi connectivity index (χ3n) is 2.49. The maximum Gasteiger partial charge on any atom is 0.147 e. The highest BCUT2D eigenvalue weighted by molar-refractivity contribution is 5.57. The van der Waals surface area contributed by atoms with E-state index < -0.39 is 0 Å². The molecule has 0 atom stereocenters. The number of rotatable bonds is 4. The van der Waals surface area contributed by atoms with E-state index in [9.17, 15) is 0 Å². The average Bonchev–Trinajstić information content (AvgIpc) is 2.25. The first-order chi connectivity index (χ1) is 7.61. The number of aromatic nitrogens is 1. The van der Waals surface area contributed by atoms with Gasteiger partial charge in [-0.05, 0) is 32.4 Å². The second-order valence-electron chi connectivity index (χ2n) is 3.95. The largest absolute Gasteiger partial charge is 0.395 e. The van der Waals surface area contributed by atoms with Gasteiger partial charge in [-0.15, -0.1) is 0 Å². The highest BCUT2D eigenvalue weighted by Crippen LogP contribution is 2.21. The minimum Gasteiger partial charge on any atom is -0.395 e. The molecule has 16 heavy (non-hydrogen) atoms. The van der Waals surface area contributed by atoms with Gasteiger partial charge in [-0.1, -0.05) is 0 Å². The number of nitriles is 1. The van der Waals surface area contributed by atoms with Gasteiger partial charge in [0.15, 0.2) is 0 Å². The van der Waals surface area contributed by atoms with Crippen molar-refractivity contribution < 1.29 is 5.11 Å². The maximum atomic E-state index is 9.12. The summed E-state index contributed by atoms with van der Waals surface area (Å²) >= 11 is 0. The van der Waals surface area contributed by atoms with Crippen LogP contribution in [-0.2, 0) is 0 Å². The lowest BCUT2D eigenvalue weighted by Gasteiger charge is -2.28. The molecule has 0 radical (unpaired) electrons. The molecule has 1 N–H and O–H groups in total. The van der Waals surface area contributed by atoms with Crippen LogP contribution in [0.1, 0.15) is 25.0 Å². The Morgan fingerprint density at radius 3 is 2.75 bits per heavy atom. The number of hydrogen-bond donors (Lipinski definition) is 1. The van der Waals surface area contributed by atoms with Crippen molar-refractivity contribution in [2.45, 2.75) is 26.8 Å². The molecular formula is C12H17N3O. The van der Waals surface area contributed by atoms with E-state index in [4.69, 9.17) is 10.4 Å². The zero-order valence-corrected chi connectivity index (χ0v) is 9.94. The molecule has 1 rings (SSSR count). The zero-order chi connectivity index (χ0) is 12.1. The van der Waals surface area contributed by atoms with Crippen molar-refractivity contribution >= 4 is 5.82 Å². The van der Waals surface area contributed by atoms with Crippen LogP contribution < -0.4 is 4.90 Å². The van der Waals surface area contributed by atoms with E-state index in [1.807, 2.05) is 31.7 Å². The summed E-state index contributed by atoms with van der Waals surface area (Å²) in [6.07, 6.45) is 1.69. The van der Waals surface area contributed by atoms with Crippen LogP contribution in [0.4, 0.5) is 5.82 Å². The molecule has 1 aromatic heterocycles. The first kappa shape index (κ1) is 12.5. The number of pyridine rings is 1. The van der Waals surface area contributed by atoms with Crippen molar-refractivity contribution in [3.05, 3.63) is 23.4 Å². The molecule has 4 heteroatoms. The lowest BCUT2D eigenvalue weighted by atomic mass is 10.1. The Kier molecular flexibility index (Phi) is 4.27. The Balaban J connectivity index is 3.19. The fourth-order valence-corrected chi connectivity index (χ4v) is 1.62. The van der Waals surface area contributed by atoms with E-state index >= 15 is 0 Å². The first-order valence-electron chi connectivity index (χ1n) is 5.35. The van der Waals surface area contributed by atoms with E-state index in [2.05, 4.69) is 11.1 Å². The molecule has 0 spiro atoms. The monoisotopic (exact) mass is 219 g/mol. The van der Waals surface area contributed by atoms with Gasteiger partial charge < -0.3 is 10.0 Å². The summed E-state index contributed by atoms with van der Waals surface area (Å²) in [6, 6.07) is 4.19. The van der Waals surface area contributed by atoms with Crippen LogP contribution in [0.15, 0.2) is 12.3 Å². The van der Waals surface area contributed by atoms with Crippen molar-refractivity contribution in [2.75, 3.05) is 18.1 Å². The van der Waals surface area contributed by atoms with Crippen LogP contribution >= 0.6 is 0 Å². The van der Waals surface area contributed by atoms with Crippen LogP contribution in [-0.4, -0.2) is 29.3 Å². The first-order valence-corrected chi connectivity index (χ1v) is 5.35. The molecule has 0 amide bonds. The molecule has 0 aliphatic heterocycles. The Morgan fingerprint density at radius 1 is 1.56 bits per heavy atom. The van der Waals surface area contributed by atoms with Crippen molar-refractivity contribution in [1.82, 2.24) is 4.98 Å². The summed E-state index contributed by atoms with van der Waals surface area (Å²) in [4.78, 5) is 6.18. The number of aryl methyl sites for hydroxylation is 1. The van der Waals surface area contributed by atoms with Crippen LogP contribution in [0, 0.1) is 18.3 Å². The third kappa shape index (κ3) is 2.50. The molecule has 0 saturated heterocycles. The standard InChI is InChI=1S/C12H17N3O/c1-9(2)15(6-7-16)12-11(8-13)10(3)4-5-14-12/h4-5,9,16H,6-7H2,1-3H3. The molecule has 86 valence electrons. The fourth-order valence-electron chi connectivity index (χ4n) is 1.62. The predicted molar refractivity (Wildman–Crippen MR) is 63.3 cm³/mol. The van der Waals surface area contributed by atoms with Crippen molar-refractivity contribution in [2.24, 2.45) is 0 Å². The van der Waals surface area contributed by atoms with Crippen LogP contribution in [0.25, 0.3) is 0 Å². The molecule has 4 nitrogen and oxygen atoms in total. The highest BCUT2D eigenvalue weighted by Gasteiger charge is 2.16. The Labute approximate surface area is 96.2 Å². The second-order valence-corrected chi connectivity index (χ2v) is 3.95. The molecule has 0 aliphatic carbocycles. The molecule has 0 aromatic carbocycles. The van der Waals surface area contributed by atoms with Crippen LogP contribution in [0.2, 0.25) is 0 Å². The van der Waals surface area contributed by atoms with Gasteiger partial charge >= 0.3 is 0 Å². The van der Waals surface area contributed by atoms with E-state index in [0.717, 1.165) is 5.56 Å². The van der Waals surface area contributed by atoms with Crippen molar-refractivity contribution in [3.63, 3.8) is 0 Å². The summed E-state index contributed by atoms with van der Waals surface area (Å²) in [5.74, 6) is 0.659. The maximum absolute atomic E-state index is 9.12. The summed E-state index contributed by atoms with van der Waals surface area (Å²) in [6.45, 7) is 6.46. The topological polar surface area (TPSA) is 60.1 Å². The molecule has 0 bridgehead atoms. The van der Waals surface area contributed by atoms with Gasteiger partial charge in [-0.3, -0.25) is 0 Å². The van der Waals surface area contributed by atoms with Gasteiger partial charge in [0.05, 0.1) is 12.2 Å². The minimum atomic E-state index is 0.0542. The predicted octanol–water partition coefficient (Wildman–Crippen LogP) is 1.47. The SMILES string of the molecule is Cc1ccnc(N(CCO)C(C)C)c1C#N. The quantitative estimate of drug-likeness (QED) is 0.833. The van der Waals surface area contributed by atoms with Gasteiger partial charge in [-0.2, -0.15) is 5.26 Å². The van der Waals surface area contributed by atoms with E-state index in [1.54, 1.807) is 6.20 Å². The number of hydrogen-bond acceptors (Lipinski definition) is 4. The number of aliphatic hydroxyl groups is 1. The van der Waals surface area contributed by atoms with Crippen LogP contribution in [0.5, 0.6) is 0 Å². The van der Waals surface area contributed by atoms with Crippen molar-refractivity contribution in [3.8, 4) is 6.07 Å². The Morgan fingerprint density at radius 2 is 2.25 bits per heavy atom. The molecule has 0 saturated carbocycles. The summed E-state index contributed by atoms with van der Waals surface area (Å²) < 4.78 is 0. The third-order valence-corrected chi connectivity index (χ3v) is 2.49. The molecule has 1 heterocycles. The van der Waals surface area contributed by atoms with Crippen LogP contribution in [0.3, 0.4) is 0 Å².